The van der Waals surface area contributed by atoms with Gasteiger partial charge in [-0.2, -0.15) is 0 Å². The van der Waals surface area contributed by atoms with Crippen LogP contribution in [0.3, 0.4) is 0 Å². The second-order valence-electron chi connectivity index (χ2n) is 5.84. The van der Waals surface area contributed by atoms with Crippen molar-refractivity contribution in [3.05, 3.63) is 35.9 Å². The summed E-state index contributed by atoms with van der Waals surface area (Å²) in [5, 5.41) is 9.20. The normalized spacial score (nSPS) is 14.4. The maximum atomic E-state index is 12.0. The van der Waals surface area contributed by atoms with Crippen LogP contribution >= 0.6 is 0 Å². The van der Waals surface area contributed by atoms with E-state index in [4.69, 9.17) is 4.74 Å². The second-order valence-corrected chi connectivity index (χ2v) is 7.83. The van der Waals surface area contributed by atoms with Gasteiger partial charge in [0.15, 0.2) is 0 Å². The molecule has 2 N–H and O–H groups in total. The molecule has 0 amide bonds. The Morgan fingerprint density at radius 3 is 2.26 bits per heavy atom. The second kappa shape index (κ2) is 8.03. The molecule has 7 heteroatoms. The number of carbonyl (C=O) groups is 2. The number of aliphatic carboxylic acids is 1. The van der Waals surface area contributed by atoms with E-state index >= 15 is 0 Å². The van der Waals surface area contributed by atoms with Gasteiger partial charge in [0.25, 0.3) is 0 Å². The molecule has 0 aliphatic carbocycles. The van der Waals surface area contributed by atoms with Gasteiger partial charge in [-0.25, -0.2) is 8.93 Å². The molecule has 1 aromatic carbocycles. The molecule has 0 aliphatic rings. The molecule has 0 heterocycles. The van der Waals surface area contributed by atoms with E-state index in [1.807, 2.05) is 0 Å². The van der Waals surface area contributed by atoms with Gasteiger partial charge in [-0.15, -0.1) is 0 Å². The van der Waals surface area contributed by atoms with Gasteiger partial charge in [-0.05, 0) is 38.5 Å². The summed E-state index contributed by atoms with van der Waals surface area (Å²) in [6, 6.07) is 5.53. The molecule has 0 saturated heterocycles. The molecule has 0 aliphatic heterocycles. The molecule has 1 rings (SSSR count). The zero-order chi connectivity index (χ0) is 17.6. The number of hydrogen-bond acceptors (Lipinski definition) is 4. The zero-order valence-corrected chi connectivity index (χ0v) is 14.3. The van der Waals surface area contributed by atoms with Crippen molar-refractivity contribution in [3.63, 3.8) is 0 Å². The van der Waals surface area contributed by atoms with Crippen LogP contribution in [0, 0.1) is 0 Å². The number of hydrogen-bond donors (Lipinski definition) is 2. The third-order valence-electron chi connectivity index (χ3n) is 2.68. The van der Waals surface area contributed by atoms with E-state index in [0.29, 0.717) is 5.75 Å². The molecule has 0 radical (unpaired) electrons. The zero-order valence-electron chi connectivity index (χ0n) is 13.5. The van der Waals surface area contributed by atoms with Crippen molar-refractivity contribution in [2.24, 2.45) is 0 Å². The smallest absolute Gasteiger partial charge is 0.325 e. The van der Waals surface area contributed by atoms with Crippen LogP contribution in [0.25, 0.3) is 6.08 Å². The van der Waals surface area contributed by atoms with Gasteiger partial charge in [0.1, 0.15) is 11.8 Å². The van der Waals surface area contributed by atoms with Gasteiger partial charge in [-0.1, -0.05) is 24.3 Å². The fraction of sp³-hybridized carbons (Fsp3) is 0.375. The van der Waals surface area contributed by atoms with Crippen LogP contribution in [0.5, 0.6) is 5.75 Å². The minimum absolute atomic E-state index is 0.409. The van der Waals surface area contributed by atoms with Gasteiger partial charge in [0, 0.05) is 6.92 Å². The largest absolute Gasteiger partial charge is 0.480 e. The van der Waals surface area contributed by atoms with Crippen LogP contribution < -0.4 is 9.46 Å². The number of esters is 1. The lowest BCUT2D eigenvalue weighted by Gasteiger charge is -2.20. The van der Waals surface area contributed by atoms with Crippen LogP contribution in [-0.4, -0.2) is 32.0 Å². The third kappa shape index (κ3) is 6.75. The molecule has 0 aromatic heterocycles. The first-order chi connectivity index (χ1) is 10.6. The van der Waals surface area contributed by atoms with Gasteiger partial charge in [0.2, 0.25) is 0 Å². The summed E-state index contributed by atoms with van der Waals surface area (Å²) in [6.45, 7) is 6.58. The maximum absolute atomic E-state index is 12.0. The fourth-order valence-electron chi connectivity index (χ4n) is 1.48. The highest BCUT2D eigenvalue weighted by molar-refractivity contribution is 7.84. The summed E-state index contributed by atoms with van der Waals surface area (Å²) in [4.78, 5) is 22.1. The summed E-state index contributed by atoms with van der Waals surface area (Å²) in [5.74, 6) is -1.11. The topological polar surface area (TPSA) is 92.7 Å². The minimum Gasteiger partial charge on any atom is -0.480 e. The summed E-state index contributed by atoms with van der Waals surface area (Å²) >= 11 is 0. The summed E-state index contributed by atoms with van der Waals surface area (Å²) in [6.07, 6.45) is 3.02. The van der Waals surface area contributed by atoms with Crippen LogP contribution in [0.1, 0.15) is 33.3 Å². The lowest BCUT2D eigenvalue weighted by atomic mass is 10.1. The first-order valence-corrected chi connectivity index (χ1v) is 8.12. The molecule has 1 unspecified atom stereocenters. The van der Waals surface area contributed by atoms with E-state index in [9.17, 15) is 18.9 Å². The van der Waals surface area contributed by atoms with Crippen LogP contribution in [-0.2, 0) is 20.6 Å². The Morgan fingerprint density at radius 2 is 1.83 bits per heavy atom. The van der Waals surface area contributed by atoms with Crippen molar-refractivity contribution < 1.29 is 23.6 Å². The van der Waals surface area contributed by atoms with Crippen molar-refractivity contribution in [2.45, 2.75) is 38.5 Å². The summed E-state index contributed by atoms with van der Waals surface area (Å²) in [7, 11) is -1.50. The lowest BCUT2D eigenvalue weighted by Crippen LogP contribution is -2.42. The van der Waals surface area contributed by atoms with E-state index in [1.165, 1.54) is 13.0 Å². The van der Waals surface area contributed by atoms with E-state index in [1.54, 1.807) is 51.1 Å². The average Bonchev–Trinajstić information content (AvgIpc) is 2.42. The number of carbonyl (C=O) groups excluding carboxylic acids is 1. The predicted molar refractivity (Wildman–Crippen MR) is 89.2 cm³/mol. The highest BCUT2D eigenvalue weighted by Crippen LogP contribution is 2.14. The number of ether oxygens (including phenoxy) is 1. The standard InChI is InChI=1S/C16H21NO5S/c1-11(18)22-13-8-5-12(6-9-13)7-10-14(15(19)20)17-23(21)16(2,3)4/h5-10,14,17H,1-4H3,(H,19,20)/b10-7+/t14-,23?/m0/s1. The molecule has 0 bridgehead atoms. The Balaban J connectivity index is 2.80. The SMILES string of the molecule is CC(=O)Oc1ccc(/C=C/[C@H](NS(=O)C(C)(C)C)C(=O)O)cc1. The molecule has 0 fully saturated rings. The highest BCUT2D eigenvalue weighted by Gasteiger charge is 2.24. The van der Waals surface area contributed by atoms with Crippen LogP contribution in [0.4, 0.5) is 0 Å². The Hall–Kier alpha value is -1.99. The Morgan fingerprint density at radius 1 is 1.26 bits per heavy atom. The Labute approximate surface area is 138 Å². The van der Waals surface area contributed by atoms with Gasteiger partial charge in [-0.3, -0.25) is 9.59 Å². The molecule has 0 spiro atoms. The van der Waals surface area contributed by atoms with Crippen molar-refractivity contribution in [2.75, 3.05) is 0 Å². The van der Waals surface area contributed by atoms with Gasteiger partial charge >= 0.3 is 11.9 Å². The average molecular weight is 339 g/mol. The van der Waals surface area contributed by atoms with E-state index < -0.39 is 33.7 Å². The third-order valence-corrected chi connectivity index (χ3v) is 4.26. The molecular formula is C16H21NO5S. The molecule has 23 heavy (non-hydrogen) atoms. The molecule has 1 aromatic rings. The number of carboxylic acid groups (broad SMARTS) is 1. The first kappa shape index (κ1) is 19.1. The van der Waals surface area contributed by atoms with Gasteiger partial charge < -0.3 is 9.84 Å². The number of benzene rings is 1. The Kier molecular flexibility index (Phi) is 6.65. The van der Waals surface area contributed by atoms with E-state index in [2.05, 4.69) is 4.72 Å². The lowest BCUT2D eigenvalue weighted by molar-refractivity contribution is -0.137. The molecular weight excluding hydrogens is 318 g/mol. The minimum atomic E-state index is -1.50. The predicted octanol–water partition coefficient (Wildman–Crippen LogP) is 2.13. The summed E-state index contributed by atoms with van der Waals surface area (Å²) < 4.78 is 18.9. The van der Waals surface area contributed by atoms with Crippen molar-refractivity contribution in [1.82, 2.24) is 4.72 Å². The molecule has 126 valence electrons. The van der Waals surface area contributed by atoms with Gasteiger partial charge in [0.05, 0.1) is 15.7 Å². The number of carboxylic acids is 1. The molecule has 0 saturated carbocycles. The maximum Gasteiger partial charge on any atom is 0.325 e. The molecule has 6 nitrogen and oxygen atoms in total. The number of rotatable bonds is 6. The quantitative estimate of drug-likeness (QED) is 0.612. The van der Waals surface area contributed by atoms with Crippen LogP contribution in [0.15, 0.2) is 30.3 Å². The van der Waals surface area contributed by atoms with Crippen molar-refractivity contribution >= 4 is 29.0 Å². The van der Waals surface area contributed by atoms with E-state index in [-0.39, 0.29) is 0 Å². The number of nitrogens with one attached hydrogen (secondary N) is 1. The fourth-order valence-corrected chi connectivity index (χ4v) is 2.25. The first-order valence-electron chi connectivity index (χ1n) is 6.97. The highest BCUT2D eigenvalue weighted by atomic mass is 32.2. The van der Waals surface area contributed by atoms with Crippen molar-refractivity contribution in [1.29, 1.82) is 0 Å². The van der Waals surface area contributed by atoms with Crippen molar-refractivity contribution in [3.8, 4) is 5.75 Å². The monoisotopic (exact) mass is 339 g/mol. The van der Waals surface area contributed by atoms with E-state index in [0.717, 1.165) is 5.56 Å². The molecule has 2 atom stereocenters. The summed E-state index contributed by atoms with van der Waals surface area (Å²) in [5.41, 5.74) is 0.732. The Bertz CT molecular complexity index is 616. The van der Waals surface area contributed by atoms with Crippen LogP contribution in [0.2, 0.25) is 0 Å².